The van der Waals surface area contributed by atoms with Crippen molar-refractivity contribution in [3.63, 3.8) is 0 Å². The lowest BCUT2D eigenvalue weighted by Gasteiger charge is -2.10. The van der Waals surface area contributed by atoms with E-state index in [-0.39, 0.29) is 0 Å². The summed E-state index contributed by atoms with van der Waals surface area (Å²) in [6.07, 6.45) is 3.84. The van der Waals surface area contributed by atoms with Crippen molar-refractivity contribution in [1.82, 2.24) is 0 Å². The van der Waals surface area contributed by atoms with Gasteiger partial charge in [0.15, 0.2) is 0 Å². The molecule has 100 valence electrons. The van der Waals surface area contributed by atoms with Crippen LogP contribution in [0, 0.1) is 6.92 Å². The fourth-order valence-corrected chi connectivity index (χ4v) is 1.79. The first-order valence-corrected chi connectivity index (χ1v) is 6.27. The second-order valence-electron chi connectivity index (χ2n) is 4.44. The van der Waals surface area contributed by atoms with E-state index in [0.717, 1.165) is 37.3 Å². The number of allylic oxidation sites excluding steroid dienone is 2. The minimum Gasteiger partial charge on any atom is -0.166 e. The van der Waals surface area contributed by atoms with Crippen LogP contribution in [-0.2, 0) is 12.6 Å². The molecular weight excluding hydrogens is 237 g/mol. The molecule has 0 aliphatic rings. The Hall–Kier alpha value is -1.25. The van der Waals surface area contributed by atoms with E-state index in [1.54, 1.807) is 13.0 Å². The van der Waals surface area contributed by atoms with Gasteiger partial charge in [-0.25, -0.2) is 0 Å². The van der Waals surface area contributed by atoms with Crippen molar-refractivity contribution in [3.05, 3.63) is 47.0 Å². The molecule has 1 rings (SSSR count). The third kappa shape index (κ3) is 4.55. The molecule has 0 atom stereocenters. The van der Waals surface area contributed by atoms with Crippen molar-refractivity contribution in [1.29, 1.82) is 0 Å². The van der Waals surface area contributed by atoms with Gasteiger partial charge in [0.2, 0.25) is 0 Å². The van der Waals surface area contributed by atoms with Crippen LogP contribution in [-0.4, -0.2) is 0 Å². The van der Waals surface area contributed by atoms with E-state index in [4.69, 9.17) is 0 Å². The van der Waals surface area contributed by atoms with Gasteiger partial charge < -0.3 is 0 Å². The predicted octanol–water partition coefficient (Wildman–Crippen LogP) is 5.30. The number of benzene rings is 1. The number of hydrogen-bond acceptors (Lipinski definition) is 0. The second kappa shape index (κ2) is 6.62. The summed E-state index contributed by atoms with van der Waals surface area (Å²) in [7, 11) is 0. The molecule has 0 radical (unpaired) electrons. The molecule has 18 heavy (non-hydrogen) atoms. The molecule has 0 unspecified atom stereocenters. The highest BCUT2D eigenvalue weighted by molar-refractivity contribution is 5.32. The Kier molecular flexibility index (Phi) is 5.45. The fraction of sp³-hybridized carbons (Fsp3) is 0.467. The van der Waals surface area contributed by atoms with Crippen molar-refractivity contribution in [3.8, 4) is 0 Å². The van der Waals surface area contributed by atoms with Crippen LogP contribution in [0.1, 0.15) is 42.9 Å². The third-order valence-corrected chi connectivity index (χ3v) is 2.87. The number of rotatable bonds is 5. The maximum absolute atomic E-state index is 12.5. The summed E-state index contributed by atoms with van der Waals surface area (Å²) in [5, 5.41) is 0. The number of hydrogen-bond donors (Lipinski definition) is 0. The highest BCUT2D eigenvalue weighted by atomic mass is 19.4. The summed E-state index contributed by atoms with van der Waals surface area (Å²) < 4.78 is 37.4. The van der Waals surface area contributed by atoms with E-state index in [1.165, 1.54) is 6.07 Å². The summed E-state index contributed by atoms with van der Waals surface area (Å²) in [5.74, 6) is 0. The Morgan fingerprint density at radius 1 is 1.11 bits per heavy atom. The van der Waals surface area contributed by atoms with Crippen molar-refractivity contribution in [2.75, 3.05) is 0 Å². The SMILES string of the molecule is CCCC=CCCc1ccc(C(F)(F)F)cc1C. The Labute approximate surface area is 107 Å². The maximum atomic E-state index is 12.5. The van der Waals surface area contributed by atoms with Crippen LogP contribution in [0.25, 0.3) is 0 Å². The highest BCUT2D eigenvalue weighted by Crippen LogP contribution is 2.30. The van der Waals surface area contributed by atoms with Gasteiger partial charge in [-0.15, -0.1) is 0 Å². The molecule has 0 nitrogen and oxygen atoms in total. The van der Waals surface area contributed by atoms with Crippen LogP contribution in [0.4, 0.5) is 13.2 Å². The monoisotopic (exact) mass is 256 g/mol. The van der Waals surface area contributed by atoms with Gasteiger partial charge >= 0.3 is 6.18 Å². The van der Waals surface area contributed by atoms with Crippen molar-refractivity contribution in [2.45, 2.75) is 45.7 Å². The van der Waals surface area contributed by atoms with Crippen LogP contribution < -0.4 is 0 Å². The van der Waals surface area contributed by atoms with E-state index in [2.05, 4.69) is 19.1 Å². The number of aryl methyl sites for hydroxylation is 2. The zero-order valence-electron chi connectivity index (χ0n) is 10.8. The van der Waals surface area contributed by atoms with Crippen LogP contribution in [0.2, 0.25) is 0 Å². The van der Waals surface area contributed by atoms with Crippen molar-refractivity contribution >= 4 is 0 Å². The Morgan fingerprint density at radius 2 is 1.78 bits per heavy atom. The minimum absolute atomic E-state index is 0.565. The maximum Gasteiger partial charge on any atom is 0.416 e. The van der Waals surface area contributed by atoms with Gasteiger partial charge in [0.1, 0.15) is 0 Å². The normalized spacial score (nSPS) is 12.3. The number of halogens is 3. The van der Waals surface area contributed by atoms with Gasteiger partial charge in [-0.05, 0) is 49.4 Å². The molecule has 0 aliphatic heterocycles. The molecular formula is C15H19F3. The molecule has 0 bridgehead atoms. The molecule has 1 aromatic rings. The lowest BCUT2D eigenvalue weighted by molar-refractivity contribution is -0.137. The summed E-state index contributed by atoms with van der Waals surface area (Å²) >= 11 is 0. The first-order valence-electron chi connectivity index (χ1n) is 6.27. The summed E-state index contributed by atoms with van der Waals surface area (Å²) in [6, 6.07) is 3.98. The molecule has 0 spiro atoms. The largest absolute Gasteiger partial charge is 0.416 e. The molecule has 0 aromatic heterocycles. The Balaban J connectivity index is 2.63. The van der Waals surface area contributed by atoms with Gasteiger partial charge in [-0.2, -0.15) is 13.2 Å². The Bertz CT molecular complexity index is 403. The molecule has 0 saturated carbocycles. The predicted molar refractivity (Wildman–Crippen MR) is 68.6 cm³/mol. The number of alkyl halides is 3. The average molecular weight is 256 g/mol. The second-order valence-corrected chi connectivity index (χ2v) is 4.44. The van der Waals surface area contributed by atoms with Crippen LogP contribution >= 0.6 is 0 Å². The van der Waals surface area contributed by atoms with Gasteiger partial charge in [0.25, 0.3) is 0 Å². The van der Waals surface area contributed by atoms with Crippen molar-refractivity contribution < 1.29 is 13.2 Å². The topological polar surface area (TPSA) is 0 Å². The van der Waals surface area contributed by atoms with Gasteiger partial charge in [-0.3, -0.25) is 0 Å². The van der Waals surface area contributed by atoms with Gasteiger partial charge in [0, 0.05) is 0 Å². The van der Waals surface area contributed by atoms with Crippen LogP contribution in [0.15, 0.2) is 30.4 Å². The zero-order chi connectivity index (χ0) is 13.6. The number of unbranched alkanes of at least 4 members (excludes halogenated alkanes) is 1. The van der Waals surface area contributed by atoms with E-state index in [0.29, 0.717) is 5.56 Å². The van der Waals surface area contributed by atoms with E-state index in [1.807, 2.05) is 0 Å². The average Bonchev–Trinajstić information content (AvgIpc) is 2.29. The molecule has 0 heterocycles. The summed E-state index contributed by atoms with van der Waals surface area (Å²) in [5.41, 5.74) is 1.14. The quantitative estimate of drug-likeness (QED) is 0.627. The lowest BCUT2D eigenvalue weighted by atomic mass is 10.0. The molecule has 1 aromatic carbocycles. The van der Waals surface area contributed by atoms with Crippen LogP contribution in [0.5, 0.6) is 0 Å². The molecule has 0 fully saturated rings. The summed E-state index contributed by atoms with van der Waals surface area (Å²) in [6.45, 7) is 3.85. The first kappa shape index (κ1) is 14.8. The fourth-order valence-electron chi connectivity index (χ4n) is 1.79. The van der Waals surface area contributed by atoms with Crippen molar-refractivity contribution in [2.24, 2.45) is 0 Å². The zero-order valence-corrected chi connectivity index (χ0v) is 10.8. The highest BCUT2D eigenvalue weighted by Gasteiger charge is 2.30. The van der Waals surface area contributed by atoms with Gasteiger partial charge in [0.05, 0.1) is 5.56 Å². The standard InChI is InChI=1S/C15H19F3/c1-3-4-5-6-7-8-13-9-10-14(11-12(13)2)15(16,17)18/h5-6,9-11H,3-4,7-8H2,1-2H3. The molecule has 0 aliphatic carbocycles. The van der Waals surface area contributed by atoms with E-state index >= 15 is 0 Å². The molecule has 0 N–H and O–H groups in total. The Morgan fingerprint density at radius 3 is 2.33 bits per heavy atom. The van der Waals surface area contributed by atoms with E-state index in [9.17, 15) is 13.2 Å². The molecule has 0 saturated heterocycles. The third-order valence-electron chi connectivity index (χ3n) is 2.87. The van der Waals surface area contributed by atoms with E-state index < -0.39 is 11.7 Å². The summed E-state index contributed by atoms with van der Waals surface area (Å²) in [4.78, 5) is 0. The first-order chi connectivity index (χ1) is 8.45. The van der Waals surface area contributed by atoms with Gasteiger partial charge in [-0.1, -0.05) is 31.6 Å². The van der Waals surface area contributed by atoms with Crippen LogP contribution in [0.3, 0.4) is 0 Å². The molecule has 3 heteroatoms. The smallest absolute Gasteiger partial charge is 0.166 e. The minimum atomic E-state index is -4.25. The lowest BCUT2D eigenvalue weighted by Crippen LogP contribution is -2.05. The molecule has 0 amide bonds.